The highest BCUT2D eigenvalue weighted by Gasteiger charge is 2.49. The molecule has 2 atom stereocenters. The van der Waals surface area contributed by atoms with E-state index in [1.807, 2.05) is 13.8 Å². The second-order valence-corrected chi connectivity index (χ2v) is 6.84. The van der Waals surface area contributed by atoms with E-state index >= 15 is 0 Å². The number of nitrogens with zero attached hydrogens (tertiary/aromatic N) is 3. The maximum atomic E-state index is 6.26. The van der Waals surface area contributed by atoms with Crippen LogP contribution in [0.3, 0.4) is 0 Å². The fourth-order valence-electron chi connectivity index (χ4n) is 1.80. The van der Waals surface area contributed by atoms with E-state index in [-0.39, 0.29) is 23.2 Å². The first kappa shape index (κ1) is 14.9. The van der Waals surface area contributed by atoms with Gasteiger partial charge in [-0.15, -0.1) is 0 Å². The van der Waals surface area contributed by atoms with Crippen LogP contribution in [0.5, 0.6) is 0 Å². The average molecular weight is 325 g/mol. The van der Waals surface area contributed by atoms with Gasteiger partial charge in [-0.3, -0.25) is 0 Å². The van der Waals surface area contributed by atoms with Gasteiger partial charge in [-0.05, 0) is 37.8 Å². The van der Waals surface area contributed by atoms with Gasteiger partial charge in [0.25, 0.3) is 0 Å². The minimum Gasteiger partial charge on any atom is -0.352 e. The Kier molecular flexibility index (Phi) is 4.28. The summed E-state index contributed by atoms with van der Waals surface area (Å²) >= 11 is 18.4. The summed E-state index contributed by atoms with van der Waals surface area (Å²) in [6.07, 6.45) is 0.982. The normalized spacial score (nSPS) is 22.5. The first-order valence-corrected chi connectivity index (χ1v) is 7.25. The molecule has 1 saturated carbocycles. The van der Waals surface area contributed by atoms with Gasteiger partial charge in [-0.25, -0.2) is 0 Å². The van der Waals surface area contributed by atoms with Gasteiger partial charge >= 0.3 is 0 Å². The van der Waals surface area contributed by atoms with Crippen LogP contribution in [-0.4, -0.2) is 25.5 Å². The molecule has 1 aromatic heterocycles. The van der Waals surface area contributed by atoms with Crippen LogP contribution in [0.15, 0.2) is 0 Å². The molecule has 0 saturated heterocycles. The molecule has 2 N–H and O–H groups in total. The molecule has 1 aromatic rings. The number of rotatable bonds is 5. The molecule has 1 aliphatic rings. The summed E-state index contributed by atoms with van der Waals surface area (Å²) in [5.41, 5.74) is 0. The molecule has 19 heavy (non-hydrogen) atoms. The summed E-state index contributed by atoms with van der Waals surface area (Å²) in [5, 5.41) is 6.05. The number of hydrogen-bond donors (Lipinski definition) is 2. The molecule has 2 unspecified atom stereocenters. The summed E-state index contributed by atoms with van der Waals surface area (Å²) in [4.78, 5) is 12.2. The quantitative estimate of drug-likeness (QED) is 0.640. The van der Waals surface area contributed by atoms with Crippen LogP contribution in [-0.2, 0) is 0 Å². The molecule has 1 fully saturated rings. The van der Waals surface area contributed by atoms with Crippen molar-refractivity contribution in [3.8, 4) is 0 Å². The van der Waals surface area contributed by atoms with Crippen molar-refractivity contribution in [2.45, 2.75) is 37.7 Å². The fraction of sp³-hybridized carbons (Fsp3) is 0.727. The Balaban J connectivity index is 2.13. The summed E-state index contributed by atoms with van der Waals surface area (Å²) in [6.45, 7) is 6.05. The van der Waals surface area contributed by atoms with E-state index in [0.717, 1.165) is 6.42 Å². The molecule has 0 aliphatic heterocycles. The van der Waals surface area contributed by atoms with Crippen molar-refractivity contribution in [3.63, 3.8) is 0 Å². The lowest BCUT2D eigenvalue weighted by atomic mass is 10.3. The van der Waals surface area contributed by atoms with E-state index < -0.39 is 4.46 Å². The van der Waals surface area contributed by atoms with Crippen LogP contribution in [0.25, 0.3) is 0 Å². The molecule has 8 heteroatoms. The molecule has 0 aromatic carbocycles. The SMILES string of the molecule is CC(C)Nc1nc(Cl)nc(NC(Cl)(Cl)C2CC2C)n1. The molecular formula is C11H16Cl3N5. The van der Waals surface area contributed by atoms with Crippen LogP contribution in [0.4, 0.5) is 11.9 Å². The van der Waals surface area contributed by atoms with E-state index in [0.29, 0.717) is 11.9 Å². The van der Waals surface area contributed by atoms with E-state index in [4.69, 9.17) is 34.8 Å². The fourth-order valence-corrected chi connectivity index (χ4v) is 2.74. The van der Waals surface area contributed by atoms with Crippen molar-refractivity contribution in [2.24, 2.45) is 11.8 Å². The van der Waals surface area contributed by atoms with Gasteiger partial charge < -0.3 is 10.6 Å². The van der Waals surface area contributed by atoms with E-state index in [1.165, 1.54) is 0 Å². The monoisotopic (exact) mass is 323 g/mol. The highest BCUT2D eigenvalue weighted by Crippen LogP contribution is 2.51. The lowest BCUT2D eigenvalue weighted by Gasteiger charge is -2.21. The van der Waals surface area contributed by atoms with Gasteiger partial charge in [0.15, 0.2) is 4.46 Å². The smallest absolute Gasteiger partial charge is 0.231 e. The van der Waals surface area contributed by atoms with Crippen LogP contribution < -0.4 is 10.6 Å². The number of alkyl halides is 2. The number of hydrogen-bond acceptors (Lipinski definition) is 5. The van der Waals surface area contributed by atoms with Crippen molar-refractivity contribution < 1.29 is 0 Å². The summed E-state index contributed by atoms with van der Waals surface area (Å²) in [7, 11) is 0. The Morgan fingerprint density at radius 1 is 1.21 bits per heavy atom. The van der Waals surface area contributed by atoms with Gasteiger partial charge in [0.2, 0.25) is 17.2 Å². The summed E-state index contributed by atoms with van der Waals surface area (Å²) in [6, 6.07) is 0.187. The van der Waals surface area contributed by atoms with Gasteiger partial charge in [0.05, 0.1) is 0 Å². The lowest BCUT2D eigenvalue weighted by molar-refractivity contribution is 0.684. The second-order valence-electron chi connectivity index (χ2n) is 5.12. The third-order valence-electron chi connectivity index (χ3n) is 2.88. The molecule has 0 radical (unpaired) electrons. The Hall–Kier alpha value is -0.520. The topological polar surface area (TPSA) is 62.7 Å². The zero-order valence-electron chi connectivity index (χ0n) is 10.9. The van der Waals surface area contributed by atoms with Gasteiger partial charge in [0.1, 0.15) is 0 Å². The van der Waals surface area contributed by atoms with Crippen molar-refractivity contribution >= 4 is 46.7 Å². The molecule has 0 spiro atoms. The van der Waals surface area contributed by atoms with Gasteiger partial charge in [-0.1, -0.05) is 30.1 Å². The maximum Gasteiger partial charge on any atom is 0.231 e. The van der Waals surface area contributed by atoms with Gasteiger partial charge in [-0.2, -0.15) is 15.0 Å². The van der Waals surface area contributed by atoms with Crippen molar-refractivity contribution in [1.82, 2.24) is 15.0 Å². The standard InChI is InChI=1S/C11H16Cl3N5/c1-5(2)15-9-16-8(12)17-10(18-9)19-11(13,14)7-4-6(7)3/h5-7H,4H2,1-3H3,(H2,15,16,17,18,19). The molecule has 1 aliphatic carbocycles. The Labute approximate surface area is 127 Å². The zero-order valence-corrected chi connectivity index (χ0v) is 13.2. The first-order chi connectivity index (χ1) is 8.78. The Bertz CT molecular complexity index is 466. The van der Waals surface area contributed by atoms with Gasteiger partial charge in [0, 0.05) is 12.0 Å². The number of anilines is 2. The predicted molar refractivity (Wildman–Crippen MR) is 78.9 cm³/mol. The molecule has 0 bridgehead atoms. The number of nitrogens with one attached hydrogen (secondary N) is 2. The Morgan fingerprint density at radius 3 is 2.32 bits per heavy atom. The minimum absolute atomic E-state index is 0.0913. The van der Waals surface area contributed by atoms with Crippen LogP contribution in [0.2, 0.25) is 5.28 Å². The minimum atomic E-state index is -1.08. The second kappa shape index (κ2) is 5.46. The molecule has 0 amide bonds. The third kappa shape index (κ3) is 3.97. The zero-order chi connectivity index (χ0) is 14.2. The van der Waals surface area contributed by atoms with Crippen molar-refractivity contribution in [1.29, 1.82) is 0 Å². The first-order valence-electron chi connectivity index (χ1n) is 6.12. The van der Waals surface area contributed by atoms with Crippen LogP contribution >= 0.6 is 34.8 Å². The molecule has 106 valence electrons. The lowest BCUT2D eigenvalue weighted by Crippen LogP contribution is -2.29. The third-order valence-corrected chi connectivity index (χ3v) is 3.80. The number of halogens is 3. The maximum absolute atomic E-state index is 6.26. The van der Waals surface area contributed by atoms with Crippen molar-refractivity contribution in [2.75, 3.05) is 10.6 Å². The number of aromatic nitrogens is 3. The van der Waals surface area contributed by atoms with Crippen LogP contribution in [0, 0.1) is 11.8 Å². The van der Waals surface area contributed by atoms with E-state index in [2.05, 4.69) is 32.5 Å². The molecular weight excluding hydrogens is 309 g/mol. The summed E-state index contributed by atoms with van der Waals surface area (Å²) < 4.78 is -1.08. The highest BCUT2D eigenvalue weighted by molar-refractivity contribution is 6.49. The molecule has 5 nitrogen and oxygen atoms in total. The predicted octanol–water partition coefficient (Wildman–Crippen LogP) is 3.54. The van der Waals surface area contributed by atoms with E-state index in [1.54, 1.807) is 0 Å². The van der Waals surface area contributed by atoms with Crippen molar-refractivity contribution in [3.05, 3.63) is 5.28 Å². The molecule has 2 rings (SSSR count). The largest absolute Gasteiger partial charge is 0.352 e. The molecule has 1 heterocycles. The van der Waals surface area contributed by atoms with E-state index in [9.17, 15) is 0 Å². The average Bonchev–Trinajstić information content (AvgIpc) is 2.93. The Morgan fingerprint density at radius 2 is 1.79 bits per heavy atom. The summed E-state index contributed by atoms with van der Waals surface area (Å²) in [5.74, 6) is 1.35. The van der Waals surface area contributed by atoms with Crippen LogP contribution in [0.1, 0.15) is 27.2 Å². The highest BCUT2D eigenvalue weighted by atomic mass is 35.5.